The van der Waals surface area contributed by atoms with Crippen molar-refractivity contribution in [2.75, 3.05) is 6.61 Å². The zero-order chi connectivity index (χ0) is 29.8. The summed E-state index contributed by atoms with van der Waals surface area (Å²) in [5.74, 6) is -2.23. The summed E-state index contributed by atoms with van der Waals surface area (Å²) in [7, 11) is 0. The predicted molar refractivity (Wildman–Crippen MR) is 155 cm³/mol. The van der Waals surface area contributed by atoms with Crippen molar-refractivity contribution in [1.29, 1.82) is 0 Å². The fourth-order valence-corrected chi connectivity index (χ4v) is 2.95. The van der Waals surface area contributed by atoms with Gasteiger partial charge in [-0.25, -0.2) is 4.79 Å². The van der Waals surface area contributed by atoms with Crippen LogP contribution in [0.2, 0.25) is 0 Å². The van der Waals surface area contributed by atoms with E-state index in [-0.39, 0.29) is 6.61 Å². The second kappa shape index (κ2) is 19.5. The Bertz CT molecular complexity index is 1180. The van der Waals surface area contributed by atoms with Gasteiger partial charge in [0.1, 0.15) is 12.1 Å². The molecule has 0 saturated heterocycles. The first-order chi connectivity index (χ1) is 19.2. The van der Waals surface area contributed by atoms with Crippen LogP contribution in [-0.4, -0.2) is 44.1 Å². The zero-order valence-electron chi connectivity index (χ0n) is 21.9. The summed E-state index contributed by atoms with van der Waals surface area (Å²) < 4.78 is 0. The molecule has 0 aliphatic heterocycles. The Labute approximate surface area is 233 Å². The third-order valence-electron chi connectivity index (χ3n) is 5.17. The number of carboxylic acids is 2. The van der Waals surface area contributed by atoms with E-state index in [1.807, 2.05) is 60.7 Å². The van der Waals surface area contributed by atoms with Crippen LogP contribution in [0.25, 0.3) is 6.08 Å². The Morgan fingerprint density at radius 2 is 1.02 bits per heavy atom. The molecule has 40 heavy (non-hydrogen) atoms. The third-order valence-corrected chi connectivity index (χ3v) is 5.17. The van der Waals surface area contributed by atoms with Gasteiger partial charge in [0, 0.05) is 0 Å². The van der Waals surface area contributed by atoms with Crippen molar-refractivity contribution in [2.24, 2.45) is 5.73 Å². The van der Waals surface area contributed by atoms with Crippen LogP contribution in [0.4, 0.5) is 0 Å². The van der Waals surface area contributed by atoms with Gasteiger partial charge in [0.05, 0.1) is 6.61 Å². The molecule has 0 radical (unpaired) electrons. The van der Waals surface area contributed by atoms with Crippen molar-refractivity contribution in [3.8, 4) is 0 Å². The van der Waals surface area contributed by atoms with Crippen LogP contribution < -0.4 is 5.73 Å². The lowest BCUT2D eigenvalue weighted by molar-refractivity contribution is -0.147. The monoisotopic (exact) mass is 545 g/mol. The van der Waals surface area contributed by atoms with Crippen LogP contribution in [0.15, 0.2) is 128 Å². The zero-order valence-corrected chi connectivity index (χ0v) is 21.9. The minimum absolute atomic E-state index is 0.218. The van der Waals surface area contributed by atoms with E-state index in [4.69, 9.17) is 31.3 Å². The number of nitrogens with two attached hydrogens (primary N) is 1. The maximum absolute atomic E-state index is 10.4. The molecule has 7 N–H and O–H groups in total. The Morgan fingerprint density at radius 1 is 0.650 bits per heavy atom. The molecule has 3 atom stereocenters. The second-order valence-electron chi connectivity index (χ2n) is 8.10. The molecule has 0 spiro atoms. The van der Waals surface area contributed by atoms with Crippen LogP contribution in [0, 0.1) is 0 Å². The molecular weight excluding hydrogens is 510 g/mol. The molecule has 0 bridgehead atoms. The van der Waals surface area contributed by atoms with Crippen LogP contribution in [0.3, 0.4) is 0 Å². The van der Waals surface area contributed by atoms with Gasteiger partial charge in [-0.05, 0) is 22.3 Å². The molecule has 210 valence electrons. The quantitative estimate of drug-likeness (QED) is 0.196. The van der Waals surface area contributed by atoms with Gasteiger partial charge >= 0.3 is 11.9 Å². The normalized spacial score (nSPS) is 11.8. The molecule has 4 rings (SSSR count). The standard InChI is InChI=1S/C8H9NO2.C8H8O3.C8H10O2.C8H8/c2*9-7(8(10)11)6-4-2-1-3-5-6;9-6-8(10)7-4-2-1-3-5-7;1-2-8-6-4-3-5-7-8/h1-5,7H,9H2,(H,10,11);1-5,7,9H,(H,10,11);1-5,8-10H,6H2;2-7H,1H2/t2*7-;8-;/m001./s1. The highest BCUT2D eigenvalue weighted by molar-refractivity contribution is 5.75. The number of aliphatic hydroxyl groups excluding tert-OH is 3. The van der Waals surface area contributed by atoms with Crippen molar-refractivity contribution >= 4 is 18.0 Å². The Morgan fingerprint density at radius 3 is 1.35 bits per heavy atom. The van der Waals surface area contributed by atoms with Crippen molar-refractivity contribution in [2.45, 2.75) is 18.2 Å². The number of aliphatic hydroxyl groups is 3. The highest BCUT2D eigenvalue weighted by Gasteiger charge is 2.14. The first-order valence-electron chi connectivity index (χ1n) is 12.2. The van der Waals surface area contributed by atoms with Gasteiger partial charge in [-0.3, -0.25) is 4.79 Å². The maximum atomic E-state index is 10.4. The second-order valence-corrected chi connectivity index (χ2v) is 8.10. The van der Waals surface area contributed by atoms with E-state index in [0.717, 1.165) is 5.56 Å². The van der Waals surface area contributed by atoms with Gasteiger partial charge in [-0.2, -0.15) is 0 Å². The van der Waals surface area contributed by atoms with Crippen molar-refractivity contribution in [3.05, 3.63) is 150 Å². The van der Waals surface area contributed by atoms with E-state index in [0.29, 0.717) is 11.1 Å². The van der Waals surface area contributed by atoms with Crippen LogP contribution in [0.1, 0.15) is 40.5 Å². The summed E-state index contributed by atoms with van der Waals surface area (Å²) in [6.45, 7) is 3.41. The van der Waals surface area contributed by atoms with Crippen LogP contribution >= 0.6 is 0 Å². The number of aliphatic carboxylic acids is 2. The number of benzene rings is 4. The number of rotatable bonds is 7. The lowest BCUT2D eigenvalue weighted by atomic mass is 10.1. The van der Waals surface area contributed by atoms with Crippen LogP contribution in [0.5, 0.6) is 0 Å². The van der Waals surface area contributed by atoms with E-state index in [2.05, 4.69) is 6.58 Å². The molecule has 0 aliphatic carbocycles. The average molecular weight is 546 g/mol. The maximum Gasteiger partial charge on any atom is 0.337 e. The minimum Gasteiger partial charge on any atom is -0.480 e. The van der Waals surface area contributed by atoms with Gasteiger partial charge < -0.3 is 31.3 Å². The van der Waals surface area contributed by atoms with Gasteiger partial charge in [-0.15, -0.1) is 0 Å². The van der Waals surface area contributed by atoms with E-state index < -0.39 is 30.2 Å². The van der Waals surface area contributed by atoms with Crippen molar-refractivity contribution in [3.63, 3.8) is 0 Å². The molecule has 0 amide bonds. The van der Waals surface area contributed by atoms with Crippen molar-refractivity contribution in [1.82, 2.24) is 0 Å². The van der Waals surface area contributed by atoms with E-state index in [1.165, 1.54) is 5.56 Å². The van der Waals surface area contributed by atoms with E-state index >= 15 is 0 Å². The lowest BCUT2D eigenvalue weighted by Gasteiger charge is -2.05. The molecule has 0 saturated carbocycles. The minimum atomic E-state index is -1.41. The molecule has 0 aromatic heterocycles. The molecule has 8 nitrogen and oxygen atoms in total. The summed E-state index contributed by atoms with van der Waals surface area (Å²) >= 11 is 0. The number of carbonyl (C=O) groups is 2. The fraction of sp³-hybridized carbons (Fsp3) is 0.125. The Kier molecular flexibility index (Phi) is 16.3. The molecule has 8 heteroatoms. The number of hydrogen-bond acceptors (Lipinski definition) is 6. The molecule has 4 aromatic carbocycles. The van der Waals surface area contributed by atoms with Crippen LogP contribution in [-0.2, 0) is 9.59 Å². The molecular formula is C32H35NO7. The molecule has 4 aromatic rings. The summed E-state index contributed by atoms with van der Waals surface area (Å²) in [4.78, 5) is 20.6. The average Bonchev–Trinajstić information content (AvgIpc) is 3.02. The highest BCUT2D eigenvalue weighted by Crippen LogP contribution is 2.11. The van der Waals surface area contributed by atoms with Gasteiger partial charge in [-0.1, -0.05) is 134 Å². The largest absolute Gasteiger partial charge is 0.480 e. The molecule has 0 heterocycles. The van der Waals surface area contributed by atoms with Gasteiger partial charge in [0.15, 0.2) is 6.10 Å². The van der Waals surface area contributed by atoms with Gasteiger partial charge in [0.2, 0.25) is 0 Å². The highest BCUT2D eigenvalue weighted by atomic mass is 16.4. The number of hydrogen-bond donors (Lipinski definition) is 6. The Balaban J connectivity index is 0.000000268. The predicted octanol–water partition coefficient (Wildman–Crippen LogP) is 4.62. The van der Waals surface area contributed by atoms with E-state index in [9.17, 15) is 9.59 Å². The first-order valence-corrected chi connectivity index (χ1v) is 12.2. The molecule has 0 unspecified atom stereocenters. The summed E-state index contributed by atoms with van der Waals surface area (Å²) in [5.41, 5.74) is 8.29. The summed E-state index contributed by atoms with van der Waals surface area (Å²) in [6.07, 6.45) is -0.308. The number of carboxylic acid groups (broad SMARTS) is 2. The molecule has 0 aliphatic rings. The first kappa shape index (κ1) is 33.4. The summed E-state index contributed by atoms with van der Waals surface area (Å²) in [6, 6.07) is 35.2. The van der Waals surface area contributed by atoms with E-state index in [1.54, 1.807) is 66.7 Å². The van der Waals surface area contributed by atoms with Crippen molar-refractivity contribution < 1.29 is 35.1 Å². The Hall–Kier alpha value is -4.60. The lowest BCUT2D eigenvalue weighted by Crippen LogP contribution is -2.20. The smallest absolute Gasteiger partial charge is 0.337 e. The van der Waals surface area contributed by atoms with Gasteiger partial charge in [0.25, 0.3) is 0 Å². The topological polar surface area (TPSA) is 161 Å². The summed E-state index contributed by atoms with van der Waals surface area (Å²) in [5, 5.41) is 43.5. The SMILES string of the molecule is C=Cc1ccccc1.N[C@H](C(=O)O)c1ccccc1.O=C(O)[C@@H](O)c1ccccc1.OC[C@@H](O)c1ccccc1. The molecule has 0 fully saturated rings. The fourth-order valence-electron chi connectivity index (χ4n) is 2.95. The third kappa shape index (κ3) is 13.3.